The molecule has 0 aromatic heterocycles. The third-order valence-electron chi connectivity index (χ3n) is 2.30. The lowest BCUT2D eigenvalue weighted by Crippen LogP contribution is -2.18. The summed E-state index contributed by atoms with van der Waals surface area (Å²) in [6.45, 7) is 1.92. The van der Waals surface area contributed by atoms with Crippen molar-refractivity contribution in [3.8, 4) is 11.5 Å². The van der Waals surface area contributed by atoms with E-state index in [0.29, 0.717) is 23.5 Å². The van der Waals surface area contributed by atoms with Crippen molar-refractivity contribution < 1.29 is 14.3 Å². The van der Waals surface area contributed by atoms with Crippen LogP contribution in [-0.2, 0) is 6.42 Å². The van der Waals surface area contributed by atoms with Gasteiger partial charge in [-0.2, -0.15) is 0 Å². The fraction of sp³-hybridized carbons (Fsp3) is 0.417. The van der Waals surface area contributed by atoms with Crippen LogP contribution in [0.1, 0.15) is 22.8 Å². The Morgan fingerprint density at radius 3 is 2.38 bits per heavy atom. The monoisotopic (exact) mass is 223 g/mol. The molecule has 0 heterocycles. The Morgan fingerprint density at radius 1 is 1.31 bits per heavy atom. The van der Waals surface area contributed by atoms with E-state index >= 15 is 0 Å². The SMILES string of the molecule is COc1c(C=O)ccc(CC(C)N)c1OC. The first-order valence-corrected chi connectivity index (χ1v) is 5.08. The second-order valence-electron chi connectivity index (χ2n) is 3.68. The molecular formula is C12H17NO3. The maximum Gasteiger partial charge on any atom is 0.171 e. The summed E-state index contributed by atoms with van der Waals surface area (Å²) in [7, 11) is 3.07. The molecular weight excluding hydrogens is 206 g/mol. The highest BCUT2D eigenvalue weighted by Crippen LogP contribution is 2.34. The predicted octanol–water partition coefficient (Wildman–Crippen LogP) is 1.41. The molecule has 0 saturated carbocycles. The highest BCUT2D eigenvalue weighted by Gasteiger charge is 2.15. The number of carbonyl (C=O) groups excluding carboxylic acids is 1. The molecule has 16 heavy (non-hydrogen) atoms. The summed E-state index contributed by atoms with van der Waals surface area (Å²) < 4.78 is 10.5. The summed E-state index contributed by atoms with van der Waals surface area (Å²) in [6, 6.07) is 3.58. The molecule has 1 unspecified atom stereocenters. The first-order chi connectivity index (χ1) is 7.63. The lowest BCUT2D eigenvalue weighted by atomic mass is 10.0. The van der Waals surface area contributed by atoms with Gasteiger partial charge in [0.1, 0.15) is 0 Å². The molecule has 1 atom stereocenters. The number of aldehydes is 1. The average Bonchev–Trinajstić information content (AvgIpc) is 2.27. The van der Waals surface area contributed by atoms with Gasteiger partial charge in [-0.05, 0) is 25.0 Å². The van der Waals surface area contributed by atoms with Gasteiger partial charge in [0, 0.05) is 6.04 Å². The normalized spacial score (nSPS) is 12.0. The zero-order chi connectivity index (χ0) is 12.1. The van der Waals surface area contributed by atoms with Crippen molar-refractivity contribution in [1.82, 2.24) is 0 Å². The summed E-state index contributed by atoms with van der Waals surface area (Å²) in [6.07, 6.45) is 1.43. The van der Waals surface area contributed by atoms with Gasteiger partial charge in [0.15, 0.2) is 17.8 Å². The molecule has 1 aromatic carbocycles. The summed E-state index contributed by atoms with van der Waals surface area (Å²) in [5.74, 6) is 1.06. The van der Waals surface area contributed by atoms with Crippen molar-refractivity contribution in [1.29, 1.82) is 0 Å². The summed E-state index contributed by atoms with van der Waals surface area (Å²) in [5.41, 5.74) is 7.17. The molecule has 0 bridgehead atoms. The van der Waals surface area contributed by atoms with Crippen LogP contribution in [0.2, 0.25) is 0 Å². The van der Waals surface area contributed by atoms with E-state index in [0.717, 1.165) is 11.8 Å². The quantitative estimate of drug-likeness (QED) is 0.766. The molecule has 0 radical (unpaired) electrons. The van der Waals surface area contributed by atoms with Crippen molar-refractivity contribution in [3.05, 3.63) is 23.3 Å². The van der Waals surface area contributed by atoms with Crippen molar-refractivity contribution >= 4 is 6.29 Å². The van der Waals surface area contributed by atoms with Gasteiger partial charge in [0.25, 0.3) is 0 Å². The van der Waals surface area contributed by atoms with E-state index in [4.69, 9.17) is 15.2 Å². The molecule has 4 nitrogen and oxygen atoms in total. The number of ether oxygens (including phenoxy) is 2. The molecule has 0 aliphatic carbocycles. The Kier molecular flexibility index (Phi) is 4.31. The third kappa shape index (κ3) is 2.52. The van der Waals surface area contributed by atoms with Crippen LogP contribution in [0, 0.1) is 0 Å². The minimum atomic E-state index is 0.0284. The maximum atomic E-state index is 10.8. The topological polar surface area (TPSA) is 61.5 Å². The molecule has 0 saturated heterocycles. The molecule has 4 heteroatoms. The minimum Gasteiger partial charge on any atom is -0.493 e. The first-order valence-electron chi connectivity index (χ1n) is 5.08. The summed E-state index contributed by atoms with van der Waals surface area (Å²) in [5, 5.41) is 0. The lowest BCUT2D eigenvalue weighted by molar-refractivity contribution is 0.112. The summed E-state index contributed by atoms with van der Waals surface area (Å²) in [4.78, 5) is 10.8. The molecule has 1 aromatic rings. The number of hydrogen-bond acceptors (Lipinski definition) is 4. The zero-order valence-corrected chi connectivity index (χ0v) is 9.82. The van der Waals surface area contributed by atoms with E-state index in [-0.39, 0.29) is 6.04 Å². The smallest absolute Gasteiger partial charge is 0.171 e. The molecule has 1 rings (SSSR count). The van der Waals surface area contributed by atoms with Crippen LogP contribution in [0.15, 0.2) is 12.1 Å². The van der Waals surface area contributed by atoms with Gasteiger partial charge in [-0.1, -0.05) is 6.07 Å². The van der Waals surface area contributed by atoms with E-state index in [2.05, 4.69) is 0 Å². The van der Waals surface area contributed by atoms with Crippen molar-refractivity contribution in [2.75, 3.05) is 14.2 Å². The Balaban J connectivity index is 3.25. The molecule has 0 amide bonds. The number of hydrogen-bond donors (Lipinski definition) is 1. The van der Waals surface area contributed by atoms with Crippen LogP contribution in [0.3, 0.4) is 0 Å². The van der Waals surface area contributed by atoms with Crippen molar-refractivity contribution in [3.63, 3.8) is 0 Å². The van der Waals surface area contributed by atoms with Gasteiger partial charge < -0.3 is 15.2 Å². The van der Waals surface area contributed by atoms with Gasteiger partial charge >= 0.3 is 0 Å². The number of carbonyl (C=O) groups is 1. The van der Waals surface area contributed by atoms with Gasteiger partial charge in [0.2, 0.25) is 0 Å². The standard InChI is InChI=1S/C12H17NO3/c1-8(13)6-9-4-5-10(7-14)12(16-3)11(9)15-2/h4-5,7-8H,6,13H2,1-3H3. The van der Waals surface area contributed by atoms with Crippen LogP contribution < -0.4 is 15.2 Å². The van der Waals surface area contributed by atoms with Gasteiger partial charge in [-0.25, -0.2) is 0 Å². The van der Waals surface area contributed by atoms with E-state index in [1.54, 1.807) is 13.2 Å². The Bertz CT molecular complexity index is 375. The van der Waals surface area contributed by atoms with E-state index < -0.39 is 0 Å². The van der Waals surface area contributed by atoms with E-state index in [9.17, 15) is 4.79 Å². The Labute approximate surface area is 95.3 Å². The number of methoxy groups -OCH3 is 2. The van der Waals surface area contributed by atoms with E-state index in [1.165, 1.54) is 7.11 Å². The molecule has 2 N–H and O–H groups in total. The number of rotatable bonds is 5. The third-order valence-corrected chi connectivity index (χ3v) is 2.30. The Morgan fingerprint density at radius 2 is 1.94 bits per heavy atom. The van der Waals surface area contributed by atoms with Crippen LogP contribution in [0.5, 0.6) is 11.5 Å². The highest BCUT2D eigenvalue weighted by molar-refractivity contribution is 5.81. The van der Waals surface area contributed by atoms with Gasteiger partial charge in [0.05, 0.1) is 19.8 Å². The average molecular weight is 223 g/mol. The largest absolute Gasteiger partial charge is 0.493 e. The van der Waals surface area contributed by atoms with Gasteiger partial charge in [-0.15, -0.1) is 0 Å². The van der Waals surface area contributed by atoms with Crippen LogP contribution in [0.25, 0.3) is 0 Å². The molecule has 0 spiro atoms. The second kappa shape index (κ2) is 5.51. The molecule has 0 aliphatic rings. The molecule has 88 valence electrons. The first kappa shape index (κ1) is 12.5. The van der Waals surface area contributed by atoms with Crippen molar-refractivity contribution in [2.45, 2.75) is 19.4 Å². The van der Waals surface area contributed by atoms with Crippen LogP contribution in [0.4, 0.5) is 0 Å². The van der Waals surface area contributed by atoms with Gasteiger partial charge in [-0.3, -0.25) is 4.79 Å². The second-order valence-corrected chi connectivity index (χ2v) is 3.68. The molecule has 0 fully saturated rings. The van der Waals surface area contributed by atoms with E-state index in [1.807, 2.05) is 13.0 Å². The summed E-state index contributed by atoms with van der Waals surface area (Å²) >= 11 is 0. The maximum absolute atomic E-state index is 10.8. The van der Waals surface area contributed by atoms with Crippen molar-refractivity contribution in [2.24, 2.45) is 5.73 Å². The number of nitrogens with two attached hydrogens (primary N) is 1. The Hall–Kier alpha value is -1.55. The molecule has 0 aliphatic heterocycles. The lowest BCUT2D eigenvalue weighted by Gasteiger charge is -2.15. The predicted molar refractivity (Wildman–Crippen MR) is 62.3 cm³/mol. The fourth-order valence-corrected chi connectivity index (χ4v) is 1.65. The minimum absolute atomic E-state index is 0.0284. The zero-order valence-electron chi connectivity index (χ0n) is 9.82. The van der Waals surface area contributed by atoms with Crippen LogP contribution >= 0.6 is 0 Å². The fourth-order valence-electron chi connectivity index (χ4n) is 1.65. The highest BCUT2D eigenvalue weighted by atomic mass is 16.5. The van der Waals surface area contributed by atoms with Crippen LogP contribution in [-0.4, -0.2) is 26.5 Å². The number of benzene rings is 1.